The van der Waals surface area contributed by atoms with Crippen LogP contribution in [0.1, 0.15) is 40.0 Å². The lowest BCUT2D eigenvalue weighted by molar-refractivity contribution is -0.0772. The second kappa shape index (κ2) is 5.68. The molecule has 2 rings (SSSR count). The number of hydrogen-bond acceptors (Lipinski definition) is 3. The van der Waals surface area contributed by atoms with Gasteiger partial charge in [0.1, 0.15) is 0 Å². The Morgan fingerprint density at radius 2 is 2.00 bits per heavy atom. The van der Waals surface area contributed by atoms with Crippen LogP contribution in [0.4, 0.5) is 0 Å². The highest BCUT2D eigenvalue weighted by Gasteiger charge is 2.36. The lowest BCUT2D eigenvalue weighted by atomic mass is 9.81. The molecule has 3 nitrogen and oxygen atoms in total. The molecule has 2 saturated heterocycles. The molecule has 2 heterocycles. The zero-order valence-corrected chi connectivity index (χ0v) is 11.7. The van der Waals surface area contributed by atoms with Crippen molar-refractivity contribution in [1.82, 2.24) is 10.2 Å². The lowest BCUT2D eigenvalue weighted by Crippen LogP contribution is -2.50. The smallest absolute Gasteiger partial charge is 0.0678 e. The third-order valence-electron chi connectivity index (χ3n) is 4.17. The average molecular weight is 240 g/mol. The van der Waals surface area contributed by atoms with Gasteiger partial charge in [-0.15, -0.1) is 0 Å². The summed E-state index contributed by atoms with van der Waals surface area (Å²) in [6.45, 7) is 12.6. The standard InChI is InChI=1S/C14H28N2O/c1-4-5-14(6-7-15-10-14)11-16-8-12(2)17-13(3)9-16/h12-13,15H,4-11H2,1-3H3. The number of nitrogens with one attached hydrogen (secondary N) is 1. The van der Waals surface area contributed by atoms with Gasteiger partial charge in [-0.1, -0.05) is 13.3 Å². The third-order valence-corrected chi connectivity index (χ3v) is 4.17. The Bertz CT molecular complexity index is 228. The fraction of sp³-hybridized carbons (Fsp3) is 1.00. The molecule has 0 saturated carbocycles. The van der Waals surface area contributed by atoms with E-state index in [0.717, 1.165) is 13.1 Å². The minimum Gasteiger partial charge on any atom is -0.373 e. The first kappa shape index (κ1) is 13.3. The molecule has 0 spiro atoms. The van der Waals surface area contributed by atoms with E-state index in [1.807, 2.05) is 0 Å². The predicted molar refractivity (Wildman–Crippen MR) is 71.3 cm³/mol. The Morgan fingerprint density at radius 3 is 2.53 bits per heavy atom. The molecule has 100 valence electrons. The first-order valence-electron chi connectivity index (χ1n) is 7.22. The summed E-state index contributed by atoms with van der Waals surface area (Å²) in [6.07, 6.45) is 4.80. The van der Waals surface area contributed by atoms with E-state index >= 15 is 0 Å². The molecule has 0 aromatic rings. The minimum absolute atomic E-state index is 0.395. The zero-order chi connectivity index (χ0) is 12.3. The van der Waals surface area contributed by atoms with Crippen LogP contribution in [0, 0.1) is 5.41 Å². The number of morpholine rings is 1. The summed E-state index contributed by atoms with van der Waals surface area (Å²) in [7, 11) is 0. The summed E-state index contributed by atoms with van der Waals surface area (Å²) >= 11 is 0. The highest BCUT2D eigenvalue weighted by Crippen LogP contribution is 2.32. The van der Waals surface area contributed by atoms with Crippen molar-refractivity contribution in [2.24, 2.45) is 5.41 Å². The maximum absolute atomic E-state index is 5.82. The second-order valence-electron chi connectivity index (χ2n) is 6.13. The molecule has 17 heavy (non-hydrogen) atoms. The quantitative estimate of drug-likeness (QED) is 0.812. The number of ether oxygens (including phenoxy) is 1. The van der Waals surface area contributed by atoms with Crippen molar-refractivity contribution in [3.63, 3.8) is 0 Å². The van der Waals surface area contributed by atoms with E-state index in [4.69, 9.17) is 4.74 Å². The van der Waals surface area contributed by atoms with Crippen molar-refractivity contribution < 1.29 is 4.74 Å². The highest BCUT2D eigenvalue weighted by molar-refractivity contribution is 4.91. The maximum atomic E-state index is 5.82. The molecule has 3 atom stereocenters. The van der Waals surface area contributed by atoms with E-state index < -0.39 is 0 Å². The van der Waals surface area contributed by atoms with Crippen LogP contribution in [0.3, 0.4) is 0 Å². The van der Waals surface area contributed by atoms with Gasteiger partial charge in [0.25, 0.3) is 0 Å². The van der Waals surface area contributed by atoms with Crippen molar-refractivity contribution >= 4 is 0 Å². The normalized spacial score (nSPS) is 39.7. The molecule has 0 aromatic carbocycles. The van der Waals surface area contributed by atoms with Crippen LogP contribution in [0.15, 0.2) is 0 Å². The van der Waals surface area contributed by atoms with Crippen LogP contribution >= 0.6 is 0 Å². The Hall–Kier alpha value is -0.120. The molecule has 0 radical (unpaired) electrons. The molecule has 2 aliphatic heterocycles. The van der Waals surface area contributed by atoms with Crippen LogP contribution in [0.5, 0.6) is 0 Å². The lowest BCUT2D eigenvalue weighted by Gasteiger charge is -2.40. The summed E-state index contributed by atoms with van der Waals surface area (Å²) in [5.41, 5.74) is 0.533. The second-order valence-corrected chi connectivity index (χ2v) is 6.13. The fourth-order valence-electron chi connectivity index (χ4n) is 3.64. The molecular weight excluding hydrogens is 212 g/mol. The van der Waals surface area contributed by atoms with Crippen molar-refractivity contribution in [1.29, 1.82) is 0 Å². The molecule has 3 heteroatoms. The van der Waals surface area contributed by atoms with Crippen LogP contribution in [-0.4, -0.2) is 49.8 Å². The van der Waals surface area contributed by atoms with E-state index in [2.05, 4.69) is 31.0 Å². The first-order valence-corrected chi connectivity index (χ1v) is 7.22. The van der Waals surface area contributed by atoms with Gasteiger partial charge in [-0.05, 0) is 38.6 Å². The molecule has 0 aromatic heterocycles. The maximum Gasteiger partial charge on any atom is 0.0678 e. The van der Waals surface area contributed by atoms with E-state index in [1.165, 1.54) is 38.9 Å². The largest absolute Gasteiger partial charge is 0.373 e. The van der Waals surface area contributed by atoms with E-state index in [9.17, 15) is 0 Å². The van der Waals surface area contributed by atoms with Gasteiger partial charge in [0.2, 0.25) is 0 Å². The highest BCUT2D eigenvalue weighted by atomic mass is 16.5. The van der Waals surface area contributed by atoms with E-state index in [1.54, 1.807) is 0 Å². The van der Waals surface area contributed by atoms with Crippen LogP contribution in [0.25, 0.3) is 0 Å². The number of nitrogens with zero attached hydrogens (tertiary/aromatic N) is 1. The van der Waals surface area contributed by atoms with Gasteiger partial charge in [0.05, 0.1) is 12.2 Å². The number of hydrogen-bond donors (Lipinski definition) is 1. The molecule has 0 bridgehead atoms. The first-order chi connectivity index (χ1) is 8.13. The molecule has 3 unspecified atom stereocenters. The number of rotatable bonds is 4. The Kier molecular flexibility index (Phi) is 4.45. The molecule has 1 N–H and O–H groups in total. The van der Waals surface area contributed by atoms with Crippen molar-refractivity contribution in [2.45, 2.75) is 52.2 Å². The van der Waals surface area contributed by atoms with E-state index in [0.29, 0.717) is 17.6 Å². The van der Waals surface area contributed by atoms with Crippen LogP contribution in [-0.2, 0) is 4.74 Å². The van der Waals surface area contributed by atoms with Crippen molar-refractivity contribution in [3.05, 3.63) is 0 Å². The average Bonchev–Trinajstić information content (AvgIpc) is 2.65. The van der Waals surface area contributed by atoms with Gasteiger partial charge in [-0.3, -0.25) is 4.90 Å². The van der Waals surface area contributed by atoms with Gasteiger partial charge >= 0.3 is 0 Å². The van der Waals surface area contributed by atoms with Gasteiger partial charge in [0.15, 0.2) is 0 Å². The monoisotopic (exact) mass is 240 g/mol. The Labute approximate surface area is 106 Å². The van der Waals surface area contributed by atoms with Gasteiger partial charge in [-0.2, -0.15) is 0 Å². The minimum atomic E-state index is 0.395. The summed E-state index contributed by atoms with van der Waals surface area (Å²) in [4.78, 5) is 2.63. The molecule has 2 aliphatic rings. The van der Waals surface area contributed by atoms with Gasteiger partial charge in [0, 0.05) is 26.2 Å². The summed E-state index contributed by atoms with van der Waals surface area (Å²) < 4.78 is 5.82. The predicted octanol–water partition coefficient (Wildman–Crippen LogP) is 1.88. The summed E-state index contributed by atoms with van der Waals surface area (Å²) in [5, 5.41) is 3.55. The van der Waals surface area contributed by atoms with Crippen molar-refractivity contribution in [2.75, 3.05) is 32.7 Å². The Balaban J connectivity index is 1.93. The fourth-order valence-corrected chi connectivity index (χ4v) is 3.64. The summed E-state index contributed by atoms with van der Waals surface area (Å²) in [6, 6.07) is 0. The SMILES string of the molecule is CCCC1(CN2CC(C)OC(C)C2)CCNC1. The van der Waals surface area contributed by atoms with E-state index in [-0.39, 0.29) is 0 Å². The third kappa shape index (κ3) is 3.43. The summed E-state index contributed by atoms with van der Waals surface area (Å²) in [5.74, 6) is 0. The topological polar surface area (TPSA) is 24.5 Å². The van der Waals surface area contributed by atoms with Gasteiger partial charge < -0.3 is 10.1 Å². The van der Waals surface area contributed by atoms with Crippen molar-refractivity contribution in [3.8, 4) is 0 Å². The molecule has 0 aliphatic carbocycles. The van der Waals surface area contributed by atoms with Crippen LogP contribution in [0.2, 0.25) is 0 Å². The van der Waals surface area contributed by atoms with Gasteiger partial charge in [-0.25, -0.2) is 0 Å². The van der Waals surface area contributed by atoms with Crippen LogP contribution < -0.4 is 5.32 Å². The zero-order valence-electron chi connectivity index (χ0n) is 11.7. The molecule has 0 amide bonds. The Morgan fingerprint density at radius 1 is 1.29 bits per heavy atom. The molecular formula is C14H28N2O. The molecule has 2 fully saturated rings.